The van der Waals surface area contributed by atoms with Gasteiger partial charge in [0.1, 0.15) is 11.5 Å². The summed E-state index contributed by atoms with van der Waals surface area (Å²) in [6, 6.07) is 7.22. The van der Waals surface area contributed by atoms with Gasteiger partial charge in [0.2, 0.25) is 0 Å². The molecule has 2 rings (SSSR count). The van der Waals surface area contributed by atoms with Crippen LogP contribution < -0.4 is 11.5 Å². The Morgan fingerprint density at radius 3 is 2.42 bits per heavy atom. The van der Waals surface area contributed by atoms with E-state index in [0.29, 0.717) is 16.5 Å². The molecule has 130 valence electrons. The van der Waals surface area contributed by atoms with Crippen LogP contribution in [0.1, 0.15) is 27.7 Å². The molecule has 0 spiro atoms. The SMILES string of the molecule is CC.CCOC(=O)/C(N)=C(\C)n1ncc(-c2ccc(Cl)cc2)c1N. The minimum Gasteiger partial charge on any atom is -0.461 e. The van der Waals surface area contributed by atoms with Crippen molar-refractivity contribution >= 4 is 29.1 Å². The number of allylic oxidation sites excluding steroid dienone is 1. The van der Waals surface area contributed by atoms with Crippen LogP contribution in [0.4, 0.5) is 5.82 Å². The lowest BCUT2D eigenvalue weighted by Crippen LogP contribution is -2.19. The number of hydrogen-bond acceptors (Lipinski definition) is 5. The first-order chi connectivity index (χ1) is 11.5. The topological polar surface area (TPSA) is 96.2 Å². The lowest BCUT2D eigenvalue weighted by Gasteiger charge is -2.09. The van der Waals surface area contributed by atoms with Gasteiger partial charge in [-0.25, -0.2) is 9.48 Å². The van der Waals surface area contributed by atoms with Crippen LogP contribution in [-0.2, 0) is 9.53 Å². The average Bonchev–Trinajstić information content (AvgIpc) is 2.98. The van der Waals surface area contributed by atoms with Gasteiger partial charge in [-0.1, -0.05) is 37.6 Å². The summed E-state index contributed by atoms with van der Waals surface area (Å²) >= 11 is 5.87. The second-order valence-electron chi connectivity index (χ2n) is 4.58. The van der Waals surface area contributed by atoms with E-state index < -0.39 is 5.97 Å². The normalized spacial score (nSPS) is 11.2. The molecule has 1 heterocycles. The number of nitrogens with zero attached hydrogens (tertiary/aromatic N) is 2. The summed E-state index contributed by atoms with van der Waals surface area (Å²) in [6.45, 7) is 7.61. The van der Waals surface area contributed by atoms with Gasteiger partial charge < -0.3 is 16.2 Å². The minimum atomic E-state index is -0.594. The highest BCUT2D eigenvalue weighted by molar-refractivity contribution is 6.30. The molecule has 0 aliphatic rings. The first-order valence-electron chi connectivity index (χ1n) is 7.69. The third-order valence-electron chi connectivity index (χ3n) is 3.16. The summed E-state index contributed by atoms with van der Waals surface area (Å²) in [5.74, 6) is -0.213. The molecule has 1 aromatic carbocycles. The molecule has 4 N–H and O–H groups in total. The number of hydrogen-bond donors (Lipinski definition) is 2. The van der Waals surface area contributed by atoms with Gasteiger partial charge >= 0.3 is 5.97 Å². The molecular weight excluding hydrogens is 328 g/mol. The summed E-state index contributed by atoms with van der Waals surface area (Å²) in [5.41, 5.74) is 13.9. The third kappa shape index (κ3) is 4.29. The van der Waals surface area contributed by atoms with Crippen molar-refractivity contribution in [3.8, 4) is 11.1 Å². The standard InChI is InChI=1S/C15H17ClN4O2.C2H6/c1-3-22-15(21)13(17)9(2)20-14(18)12(8-19-20)10-4-6-11(16)7-5-10;1-2/h4-8H,3,17-18H2,1-2H3;1-2H3/b13-9-;. The lowest BCUT2D eigenvalue weighted by molar-refractivity contribution is -0.138. The first kappa shape index (κ1) is 19.6. The van der Waals surface area contributed by atoms with Crippen molar-refractivity contribution in [2.24, 2.45) is 5.73 Å². The highest BCUT2D eigenvalue weighted by Gasteiger charge is 2.16. The molecule has 0 saturated heterocycles. The van der Waals surface area contributed by atoms with Gasteiger partial charge in [0.25, 0.3) is 0 Å². The number of carbonyl (C=O) groups excluding carboxylic acids is 1. The van der Waals surface area contributed by atoms with E-state index in [1.165, 1.54) is 4.68 Å². The van der Waals surface area contributed by atoms with Crippen LogP contribution >= 0.6 is 11.6 Å². The van der Waals surface area contributed by atoms with E-state index in [1.54, 1.807) is 32.2 Å². The van der Waals surface area contributed by atoms with Gasteiger partial charge in [-0.2, -0.15) is 5.10 Å². The number of benzene rings is 1. The average molecular weight is 351 g/mol. The molecule has 0 aliphatic carbocycles. The Morgan fingerprint density at radius 2 is 1.88 bits per heavy atom. The molecule has 0 radical (unpaired) electrons. The molecule has 24 heavy (non-hydrogen) atoms. The Labute approximate surface area is 147 Å². The molecule has 2 aromatic rings. The van der Waals surface area contributed by atoms with Crippen LogP contribution in [0.15, 0.2) is 36.2 Å². The van der Waals surface area contributed by atoms with Crippen molar-refractivity contribution in [2.45, 2.75) is 27.7 Å². The third-order valence-corrected chi connectivity index (χ3v) is 3.42. The Morgan fingerprint density at radius 1 is 1.29 bits per heavy atom. The smallest absolute Gasteiger partial charge is 0.356 e. The molecule has 0 bridgehead atoms. The van der Waals surface area contributed by atoms with Gasteiger partial charge in [-0.3, -0.25) is 0 Å². The van der Waals surface area contributed by atoms with E-state index >= 15 is 0 Å². The number of nitrogen functional groups attached to an aromatic ring is 1. The molecule has 0 aliphatic heterocycles. The van der Waals surface area contributed by atoms with Crippen LogP contribution in [0.2, 0.25) is 5.02 Å². The van der Waals surface area contributed by atoms with Gasteiger partial charge in [0.05, 0.1) is 18.5 Å². The molecule has 6 nitrogen and oxygen atoms in total. The molecule has 0 fully saturated rings. The molecule has 0 unspecified atom stereocenters. The van der Waals surface area contributed by atoms with E-state index in [4.69, 9.17) is 27.8 Å². The minimum absolute atomic E-state index is 0.0284. The summed E-state index contributed by atoms with van der Waals surface area (Å²) in [4.78, 5) is 11.7. The molecule has 7 heteroatoms. The summed E-state index contributed by atoms with van der Waals surface area (Å²) in [6.07, 6.45) is 1.61. The second kappa shape index (κ2) is 8.98. The van der Waals surface area contributed by atoms with Crippen LogP contribution in [0.25, 0.3) is 16.8 Å². The van der Waals surface area contributed by atoms with Crippen molar-refractivity contribution in [3.63, 3.8) is 0 Å². The molecule has 0 saturated carbocycles. The van der Waals surface area contributed by atoms with E-state index in [1.807, 2.05) is 26.0 Å². The number of anilines is 1. The van der Waals surface area contributed by atoms with Crippen LogP contribution in [0.3, 0.4) is 0 Å². The number of rotatable bonds is 4. The van der Waals surface area contributed by atoms with Gasteiger partial charge in [-0.05, 0) is 31.5 Å². The fraction of sp³-hybridized carbons (Fsp3) is 0.294. The van der Waals surface area contributed by atoms with Crippen molar-refractivity contribution in [1.29, 1.82) is 0 Å². The maximum atomic E-state index is 11.7. The Hall–Kier alpha value is -2.47. The molecule has 0 atom stereocenters. The molecular formula is C17H23ClN4O2. The fourth-order valence-electron chi connectivity index (χ4n) is 1.95. The Bertz CT molecular complexity index is 721. The summed E-state index contributed by atoms with van der Waals surface area (Å²) in [5, 5.41) is 4.83. The van der Waals surface area contributed by atoms with Crippen LogP contribution in [0, 0.1) is 0 Å². The van der Waals surface area contributed by atoms with Gasteiger partial charge in [0.15, 0.2) is 0 Å². The van der Waals surface area contributed by atoms with Gasteiger partial charge in [0, 0.05) is 10.6 Å². The number of carbonyl (C=O) groups is 1. The highest BCUT2D eigenvalue weighted by atomic mass is 35.5. The Kier molecular flexibility index (Phi) is 7.32. The van der Waals surface area contributed by atoms with E-state index in [9.17, 15) is 4.79 Å². The number of esters is 1. The van der Waals surface area contributed by atoms with Crippen molar-refractivity contribution in [1.82, 2.24) is 9.78 Å². The predicted octanol–water partition coefficient (Wildman–Crippen LogP) is 3.52. The van der Waals surface area contributed by atoms with Crippen molar-refractivity contribution in [3.05, 3.63) is 41.2 Å². The monoisotopic (exact) mass is 350 g/mol. The summed E-state index contributed by atoms with van der Waals surface area (Å²) in [7, 11) is 0. The van der Waals surface area contributed by atoms with E-state index in [0.717, 1.165) is 11.1 Å². The summed E-state index contributed by atoms with van der Waals surface area (Å²) < 4.78 is 6.29. The van der Waals surface area contributed by atoms with E-state index in [2.05, 4.69) is 5.10 Å². The molecule has 1 aromatic heterocycles. The highest BCUT2D eigenvalue weighted by Crippen LogP contribution is 2.28. The fourth-order valence-corrected chi connectivity index (χ4v) is 2.07. The number of nitrogens with two attached hydrogens (primary N) is 2. The van der Waals surface area contributed by atoms with Crippen LogP contribution in [0.5, 0.6) is 0 Å². The number of halogens is 1. The zero-order chi connectivity index (χ0) is 18.3. The molecule has 0 amide bonds. The quantitative estimate of drug-likeness (QED) is 0.649. The van der Waals surface area contributed by atoms with Crippen molar-refractivity contribution < 1.29 is 9.53 Å². The Balaban J connectivity index is 0.00000139. The zero-order valence-electron chi connectivity index (χ0n) is 14.3. The first-order valence-corrected chi connectivity index (χ1v) is 8.06. The largest absolute Gasteiger partial charge is 0.461 e. The number of ether oxygens (including phenoxy) is 1. The zero-order valence-corrected chi connectivity index (χ0v) is 15.1. The van der Waals surface area contributed by atoms with Crippen LogP contribution in [-0.4, -0.2) is 22.4 Å². The second-order valence-corrected chi connectivity index (χ2v) is 5.02. The number of aromatic nitrogens is 2. The maximum Gasteiger partial charge on any atom is 0.356 e. The predicted molar refractivity (Wildman–Crippen MR) is 98.1 cm³/mol. The lowest BCUT2D eigenvalue weighted by atomic mass is 10.1. The van der Waals surface area contributed by atoms with E-state index in [-0.39, 0.29) is 12.3 Å². The van der Waals surface area contributed by atoms with Crippen molar-refractivity contribution in [2.75, 3.05) is 12.3 Å². The maximum absolute atomic E-state index is 11.7. The van der Waals surface area contributed by atoms with Gasteiger partial charge in [-0.15, -0.1) is 0 Å².